The summed E-state index contributed by atoms with van der Waals surface area (Å²) >= 11 is 0. The molecule has 0 unspecified atom stereocenters. The normalized spacial score (nSPS) is 14.4. The van der Waals surface area contributed by atoms with Crippen LogP contribution in [0, 0.1) is 11.3 Å². The zero-order valence-corrected chi connectivity index (χ0v) is 17.9. The Morgan fingerprint density at radius 3 is 2.61 bits per heavy atom. The fourth-order valence-electron chi connectivity index (χ4n) is 4.13. The van der Waals surface area contributed by atoms with Crippen LogP contribution in [0.3, 0.4) is 0 Å². The first-order valence-electron chi connectivity index (χ1n) is 10.5. The fraction of sp³-hybridized carbons (Fsp3) is 0.273. The minimum absolute atomic E-state index is 0.0306. The van der Waals surface area contributed by atoms with E-state index in [0.29, 0.717) is 22.5 Å². The molecule has 0 aliphatic carbocycles. The zero-order chi connectivity index (χ0) is 22.9. The van der Waals surface area contributed by atoms with Gasteiger partial charge in [-0.25, -0.2) is 19.3 Å². The van der Waals surface area contributed by atoms with Crippen LogP contribution in [0.5, 0.6) is 0 Å². The van der Waals surface area contributed by atoms with E-state index in [-0.39, 0.29) is 6.04 Å². The third kappa shape index (κ3) is 3.94. The number of nitrogens with zero attached hydrogens (tertiary/aromatic N) is 8. The largest absolute Gasteiger partial charge is 0.465 e. The lowest BCUT2D eigenvalue weighted by molar-refractivity contribution is 0.187. The predicted molar refractivity (Wildman–Crippen MR) is 120 cm³/mol. The predicted octanol–water partition coefficient (Wildman–Crippen LogP) is 2.30. The van der Waals surface area contributed by atoms with Gasteiger partial charge in [0.25, 0.3) is 0 Å². The fourth-order valence-corrected chi connectivity index (χ4v) is 4.13. The molecule has 4 aromatic rings. The Morgan fingerprint density at radius 2 is 1.97 bits per heavy atom. The number of piperidine rings is 1. The number of pyridine rings is 1. The second kappa shape index (κ2) is 8.23. The maximum absolute atomic E-state index is 10.9. The molecule has 166 valence electrons. The molecule has 2 N–H and O–H groups in total. The van der Waals surface area contributed by atoms with Crippen molar-refractivity contribution in [1.29, 1.82) is 5.26 Å². The molecule has 0 atom stereocenters. The molecule has 0 saturated carbocycles. The first-order valence-corrected chi connectivity index (χ1v) is 10.5. The van der Waals surface area contributed by atoms with Gasteiger partial charge in [-0.2, -0.15) is 15.5 Å². The smallest absolute Gasteiger partial charge is 0.404 e. The number of nitriles is 1. The van der Waals surface area contributed by atoms with Gasteiger partial charge in [-0.05, 0) is 25.0 Å². The van der Waals surface area contributed by atoms with Gasteiger partial charge in [0.15, 0.2) is 0 Å². The number of hydrogen-bond acceptors (Lipinski definition) is 7. The number of anilines is 1. The van der Waals surface area contributed by atoms with Crippen molar-refractivity contribution in [3.05, 3.63) is 48.7 Å². The number of nitrogens with one attached hydrogen (secondary N) is 1. The van der Waals surface area contributed by atoms with E-state index in [0.717, 1.165) is 42.9 Å². The third-order valence-electron chi connectivity index (χ3n) is 5.79. The Hall–Kier alpha value is -4.46. The summed E-state index contributed by atoms with van der Waals surface area (Å²) in [5, 5.41) is 29.6. The maximum Gasteiger partial charge on any atom is 0.404 e. The summed E-state index contributed by atoms with van der Waals surface area (Å²) in [4.78, 5) is 22.5. The van der Waals surface area contributed by atoms with Crippen LogP contribution in [0.25, 0.3) is 28.0 Å². The van der Waals surface area contributed by atoms with Crippen LogP contribution >= 0.6 is 0 Å². The van der Waals surface area contributed by atoms with Gasteiger partial charge in [0.1, 0.15) is 23.0 Å². The summed E-state index contributed by atoms with van der Waals surface area (Å²) in [6, 6.07) is 6.02. The van der Waals surface area contributed by atoms with Gasteiger partial charge in [-0.1, -0.05) is 0 Å². The molecule has 0 spiro atoms. The number of hydrogen-bond donors (Lipinski definition) is 2. The molecule has 11 heteroatoms. The Kier molecular flexibility index (Phi) is 5.10. The van der Waals surface area contributed by atoms with E-state index >= 15 is 0 Å². The monoisotopic (exact) mass is 443 g/mol. The number of aryl methyl sites for hydroxylation is 1. The quantitative estimate of drug-likeness (QED) is 0.490. The van der Waals surface area contributed by atoms with Crippen molar-refractivity contribution in [3.63, 3.8) is 0 Å². The van der Waals surface area contributed by atoms with E-state index in [4.69, 9.17) is 10.1 Å². The topological polar surface area (TPSA) is 137 Å². The lowest BCUT2D eigenvalue weighted by atomic mass is 10.1. The van der Waals surface area contributed by atoms with Gasteiger partial charge >= 0.3 is 6.09 Å². The minimum atomic E-state index is -0.986. The van der Waals surface area contributed by atoms with E-state index < -0.39 is 6.09 Å². The van der Waals surface area contributed by atoms with Crippen LogP contribution in [-0.4, -0.2) is 59.7 Å². The van der Waals surface area contributed by atoms with E-state index in [1.54, 1.807) is 27.8 Å². The van der Waals surface area contributed by atoms with Crippen molar-refractivity contribution in [2.75, 3.05) is 18.0 Å². The van der Waals surface area contributed by atoms with Crippen molar-refractivity contribution >= 4 is 17.4 Å². The highest BCUT2D eigenvalue weighted by molar-refractivity contribution is 5.83. The van der Waals surface area contributed by atoms with Gasteiger partial charge in [0.2, 0.25) is 0 Å². The van der Waals surface area contributed by atoms with Crippen molar-refractivity contribution in [3.8, 4) is 28.6 Å². The molecule has 11 nitrogen and oxygen atoms in total. The number of fused-ring (bicyclic) bond motifs is 1. The van der Waals surface area contributed by atoms with Gasteiger partial charge in [-0.3, -0.25) is 4.68 Å². The summed E-state index contributed by atoms with van der Waals surface area (Å²) in [6.45, 7) is 1.44. The molecule has 1 saturated heterocycles. The van der Waals surface area contributed by atoms with Crippen molar-refractivity contribution < 1.29 is 9.90 Å². The summed E-state index contributed by atoms with van der Waals surface area (Å²) in [5.41, 5.74) is 3.99. The van der Waals surface area contributed by atoms with E-state index in [2.05, 4.69) is 31.5 Å². The molecule has 1 aliphatic heterocycles. The lowest BCUT2D eigenvalue weighted by Gasteiger charge is -2.32. The highest BCUT2D eigenvalue weighted by atomic mass is 16.4. The van der Waals surface area contributed by atoms with Crippen LogP contribution < -0.4 is 10.2 Å². The van der Waals surface area contributed by atoms with Gasteiger partial charge in [0.05, 0.1) is 30.0 Å². The SMILES string of the molecule is Cn1cc(-c2cn3ncc(C#N)c3c(-c3ccc(N4CCC(NC(=O)O)CC4)nc3)n2)cn1. The van der Waals surface area contributed by atoms with E-state index in [9.17, 15) is 10.1 Å². The molecule has 0 aromatic carbocycles. The molecule has 1 amide bonds. The van der Waals surface area contributed by atoms with E-state index in [1.165, 1.54) is 6.20 Å². The Balaban J connectivity index is 1.47. The summed E-state index contributed by atoms with van der Waals surface area (Å²) in [7, 11) is 1.84. The van der Waals surface area contributed by atoms with Crippen molar-refractivity contribution in [2.24, 2.45) is 7.05 Å². The molecule has 33 heavy (non-hydrogen) atoms. The Labute approximate surface area is 188 Å². The molecule has 0 bridgehead atoms. The summed E-state index contributed by atoms with van der Waals surface area (Å²) < 4.78 is 3.37. The van der Waals surface area contributed by atoms with Gasteiger partial charge in [0, 0.05) is 49.7 Å². The van der Waals surface area contributed by atoms with Crippen LogP contribution in [-0.2, 0) is 7.05 Å². The van der Waals surface area contributed by atoms with Crippen LogP contribution in [0.2, 0.25) is 0 Å². The lowest BCUT2D eigenvalue weighted by Crippen LogP contribution is -2.44. The molecule has 5 heterocycles. The molecule has 0 radical (unpaired) electrons. The molecular formula is C22H21N9O2. The second-order valence-corrected chi connectivity index (χ2v) is 7.96. The minimum Gasteiger partial charge on any atom is -0.465 e. The third-order valence-corrected chi connectivity index (χ3v) is 5.79. The maximum atomic E-state index is 10.9. The number of amides is 1. The molecule has 1 fully saturated rings. The standard InChI is InChI=1S/C22H21N9O2/c1-29-12-16(11-25-29)18-13-31-21(15(8-23)10-26-31)20(28-18)14-2-3-19(24-9-14)30-6-4-17(5-7-30)27-22(32)33/h2-3,9-13,17,27H,4-7H2,1H3,(H,32,33). The average Bonchev–Trinajstić information content (AvgIpc) is 3.44. The highest BCUT2D eigenvalue weighted by Crippen LogP contribution is 2.29. The van der Waals surface area contributed by atoms with Gasteiger partial charge in [-0.15, -0.1) is 0 Å². The second-order valence-electron chi connectivity index (χ2n) is 7.96. The Morgan fingerprint density at radius 1 is 1.15 bits per heavy atom. The molecule has 5 rings (SSSR count). The number of carboxylic acid groups (broad SMARTS) is 1. The highest BCUT2D eigenvalue weighted by Gasteiger charge is 2.22. The molecule has 4 aromatic heterocycles. The first kappa shape index (κ1) is 20.4. The number of carbonyl (C=O) groups is 1. The van der Waals surface area contributed by atoms with Crippen LogP contribution in [0.4, 0.5) is 10.6 Å². The average molecular weight is 443 g/mol. The van der Waals surface area contributed by atoms with Crippen molar-refractivity contribution in [1.82, 2.24) is 34.7 Å². The summed E-state index contributed by atoms with van der Waals surface area (Å²) in [6.07, 6.45) is 9.14. The summed E-state index contributed by atoms with van der Waals surface area (Å²) in [5.74, 6) is 0.820. The Bertz CT molecular complexity index is 1360. The zero-order valence-electron chi connectivity index (χ0n) is 17.9. The van der Waals surface area contributed by atoms with E-state index in [1.807, 2.05) is 25.4 Å². The van der Waals surface area contributed by atoms with Crippen LogP contribution in [0.15, 0.2) is 43.1 Å². The number of rotatable bonds is 4. The molecule has 1 aliphatic rings. The number of aromatic nitrogens is 6. The van der Waals surface area contributed by atoms with Gasteiger partial charge < -0.3 is 15.3 Å². The van der Waals surface area contributed by atoms with Crippen molar-refractivity contribution in [2.45, 2.75) is 18.9 Å². The first-order chi connectivity index (χ1) is 16.0. The molecular weight excluding hydrogens is 422 g/mol. The van der Waals surface area contributed by atoms with Crippen LogP contribution in [0.1, 0.15) is 18.4 Å².